The molecule has 1 N–H and O–H groups in total. The fraction of sp³-hybridized carbons (Fsp3) is 0.462. The van der Waals surface area contributed by atoms with Gasteiger partial charge in [-0.1, -0.05) is 54.4 Å². The molecule has 8 heteroatoms. The lowest BCUT2D eigenvalue weighted by molar-refractivity contribution is -0.139. The molecule has 0 heterocycles. The van der Waals surface area contributed by atoms with Crippen LogP contribution in [0.3, 0.4) is 0 Å². The van der Waals surface area contributed by atoms with E-state index in [1.165, 1.54) is 4.90 Å². The van der Waals surface area contributed by atoms with Crippen LogP contribution in [0.4, 0.5) is 5.69 Å². The van der Waals surface area contributed by atoms with Gasteiger partial charge in [0.25, 0.3) is 0 Å². The molecule has 7 nitrogen and oxygen atoms in total. The molecule has 0 aromatic heterocycles. The molecule has 0 saturated heterocycles. The molecule has 0 aliphatic carbocycles. The second kappa shape index (κ2) is 11.5. The minimum atomic E-state index is -3.74. The highest BCUT2D eigenvalue weighted by Crippen LogP contribution is 2.24. The van der Waals surface area contributed by atoms with Crippen LogP contribution >= 0.6 is 0 Å². The first-order chi connectivity index (χ1) is 15.8. The number of nitrogens with one attached hydrogen (secondary N) is 1. The monoisotopic (exact) mass is 487 g/mol. The number of sulfonamides is 1. The lowest BCUT2D eigenvalue weighted by atomic mass is 10.1. The molecule has 34 heavy (non-hydrogen) atoms. The zero-order valence-corrected chi connectivity index (χ0v) is 22.1. The minimum absolute atomic E-state index is 0.0333. The number of nitrogens with zero attached hydrogens (tertiary/aromatic N) is 2. The highest BCUT2D eigenvalue weighted by molar-refractivity contribution is 7.92. The van der Waals surface area contributed by atoms with Gasteiger partial charge >= 0.3 is 0 Å². The second-order valence-electron chi connectivity index (χ2n) is 9.06. The van der Waals surface area contributed by atoms with Crippen molar-refractivity contribution in [2.45, 2.75) is 66.6 Å². The van der Waals surface area contributed by atoms with Gasteiger partial charge in [0.05, 0.1) is 11.9 Å². The quantitative estimate of drug-likeness (QED) is 0.554. The van der Waals surface area contributed by atoms with E-state index >= 15 is 0 Å². The summed E-state index contributed by atoms with van der Waals surface area (Å²) in [6, 6.07) is 12.3. The van der Waals surface area contributed by atoms with Crippen LogP contribution in [0.15, 0.2) is 42.5 Å². The predicted molar refractivity (Wildman–Crippen MR) is 137 cm³/mol. The smallest absolute Gasteiger partial charge is 0.244 e. The van der Waals surface area contributed by atoms with E-state index in [9.17, 15) is 18.0 Å². The van der Waals surface area contributed by atoms with E-state index < -0.39 is 28.5 Å². The summed E-state index contributed by atoms with van der Waals surface area (Å²) < 4.78 is 26.5. The van der Waals surface area contributed by atoms with Crippen molar-refractivity contribution in [2.75, 3.05) is 17.1 Å². The molecule has 0 aliphatic heterocycles. The third-order valence-corrected chi connectivity index (χ3v) is 7.07. The van der Waals surface area contributed by atoms with Crippen LogP contribution in [0.5, 0.6) is 0 Å². The van der Waals surface area contributed by atoms with Crippen molar-refractivity contribution in [3.05, 3.63) is 64.7 Å². The van der Waals surface area contributed by atoms with Gasteiger partial charge in [0.15, 0.2) is 0 Å². The third kappa shape index (κ3) is 7.32. The number of rotatable bonds is 10. The van der Waals surface area contributed by atoms with Crippen molar-refractivity contribution >= 4 is 27.5 Å². The van der Waals surface area contributed by atoms with E-state index in [1.807, 2.05) is 71.0 Å². The first kappa shape index (κ1) is 27.4. The van der Waals surface area contributed by atoms with E-state index in [-0.39, 0.29) is 18.5 Å². The second-order valence-corrected chi connectivity index (χ2v) is 11.0. The zero-order chi connectivity index (χ0) is 25.6. The summed E-state index contributed by atoms with van der Waals surface area (Å²) >= 11 is 0. The Morgan fingerprint density at radius 1 is 0.971 bits per heavy atom. The molecule has 0 aliphatic rings. The first-order valence-corrected chi connectivity index (χ1v) is 13.4. The summed E-state index contributed by atoms with van der Waals surface area (Å²) in [7, 11) is -3.74. The van der Waals surface area contributed by atoms with Gasteiger partial charge in [-0.25, -0.2) is 8.42 Å². The SMILES string of the molecule is CCC(C)NC(=O)C(C)N(Cc1ccc(C)cc1)C(=O)CN(c1ccc(C)cc1C)S(C)(=O)=O. The predicted octanol–water partition coefficient (Wildman–Crippen LogP) is 3.71. The van der Waals surface area contributed by atoms with E-state index in [0.717, 1.165) is 39.2 Å². The van der Waals surface area contributed by atoms with E-state index in [0.29, 0.717) is 5.69 Å². The molecule has 2 unspecified atom stereocenters. The molecule has 2 aromatic carbocycles. The Labute approximate surface area is 204 Å². The van der Waals surface area contributed by atoms with E-state index in [1.54, 1.807) is 13.0 Å². The number of anilines is 1. The molecule has 2 rings (SSSR count). The van der Waals surface area contributed by atoms with Crippen molar-refractivity contribution in [1.29, 1.82) is 0 Å². The molecule has 0 bridgehead atoms. The number of hydrogen-bond donors (Lipinski definition) is 1. The molecule has 0 radical (unpaired) electrons. The Kier molecular flexibility index (Phi) is 9.27. The van der Waals surface area contributed by atoms with E-state index in [4.69, 9.17) is 0 Å². The Hall–Kier alpha value is -2.87. The summed E-state index contributed by atoms with van der Waals surface area (Å²) in [4.78, 5) is 27.9. The van der Waals surface area contributed by atoms with Gasteiger partial charge in [0.1, 0.15) is 12.6 Å². The molecule has 186 valence electrons. The summed E-state index contributed by atoms with van der Waals surface area (Å²) in [5, 5.41) is 2.93. The van der Waals surface area contributed by atoms with Gasteiger partial charge in [0, 0.05) is 12.6 Å². The highest BCUT2D eigenvalue weighted by atomic mass is 32.2. The summed E-state index contributed by atoms with van der Waals surface area (Å²) in [6.07, 6.45) is 1.85. The van der Waals surface area contributed by atoms with Crippen molar-refractivity contribution in [1.82, 2.24) is 10.2 Å². The van der Waals surface area contributed by atoms with Crippen LogP contribution < -0.4 is 9.62 Å². The molecule has 0 fully saturated rings. The number of carbonyl (C=O) groups is 2. The minimum Gasteiger partial charge on any atom is -0.352 e. The standard InChI is InChI=1S/C26H37N3O4S/c1-8-21(5)27-26(31)22(6)28(16-23-12-9-18(2)10-13-23)25(30)17-29(34(7,32)33)24-14-11-19(3)15-20(24)4/h9-15,21-22H,8,16-17H2,1-7H3,(H,27,31). The van der Waals surface area contributed by atoms with Gasteiger partial charge in [-0.2, -0.15) is 0 Å². The molecule has 2 amide bonds. The number of benzene rings is 2. The maximum Gasteiger partial charge on any atom is 0.244 e. The average Bonchev–Trinajstić information content (AvgIpc) is 2.76. The van der Waals surface area contributed by atoms with Crippen molar-refractivity contribution in [3.8, 4) is 0 Å². The largest absolute Gasteiger partial charge is 0.352 e. The van der Waals surface area contributed by atoms with Gasteiger partial charge in [-0.05, 0) is 58.2 Å². The molecular formula is C26H37N3O4S. The maximum atomic E-state index is 13.6. The lowest BCUT2D eigenvalue weighted by Gasteiger charge is -2.32. The molecule has 0 spiro atoms. The highest BCUT2D eigenvalue weighted by Gasteiger charge is 2.30. The van der Waals surface area contributed by atoms with Crippen molar-refractivity contribution in [2.24, 2.45) is 0 Å². The van der Waals surface area contributed by atoms with Gasteiger partial charge in [0.2, 0.25) is 21.8 Å². The Bertz CT molecular complexity index is 1110. The van der Waals surface area contributed by atoms with Crippen LogP contribution in [0, 0.1) is 20.8 Å². The van der Waals surface area contributed by atoms with Crippen LogP contribution in [0.1, 0.15) is 49.4 Å². The Balaban J connectivity index is 2.41. The zero-order valence-electron chi connectivity index (χ0n) is 21.3. The van der Waals surface area contributed by atoms with Crippen LogP contribution in [0.2, 0.25) is 0 Å². The fourth-order valence-corrected chi connectivity index (χ4v) is 4.53. The number of carbonyl (C=O) groups excluding carboxylic acids is 2. The topological polar surface area (TPSA) is 86.8 Å². The summed E-state index contributed by atoms with van der Waals surface area (Å²) in [5.74, 6) is -0.718. The molecular weight excluding hydrogens is 450 g/mol. The number of aryl methyl sites for hydroxylation is 3. The van der Waals surface area contributed by atoms with Crippen LogP contribution in [-0.4, -0.2) is 50.0 Å². The third-order valence-electron chi connectivity index (χ3n) is 5.94. The summed E-state index contributed by atoms with van der Waals surface area (Å²) in [5.41, 5.74) is 4.15. The maximum absolute atomic E-state index is 13.6. The Morgan fingerprint density at radius 3 is 2.09 bits per heavy atom. The van der Waals surface area contributed by atoms with Crippen LogP contribution in [0.25, 0.3) is 0 Å². The summed E-state index contributed by atoms with van der Waals surface area (Å²) in [6.45, 7) is 11.1. The molecule has 2 aromatic rings. The normalized spacial score (nSPS) is 13.1. The molecule has 2 atom stereocenters. The average molecular weight is 488 g/mol. The Morgan fingerprint density at radius 2 is 1.56 bits per heavy atom. The number of amides is 2. The first-order valence-electron chi connectivity index (χ1n) is 11.5. The lowest BCUT2D eigenvalue weighted by Crippen LogP contribution is -2.52. The van der Waals surface area contributed by atoms with Gasteiger partial charge < -0.3 is 10.2 Å². The van der Waals surface area contributed by atoms with E-state index in [2.05, 4.69) is 5.32 Å². The fourth-order valence-electron chi connectivity index (χ4n) is 3.62. The van der Waals surface area contributed by atoms with Gasteiger partial charge in [-0.3, -0.25) is 13.9 Å². The van der Waals surface area contributed by atoms with Crippen molar-refractivity contribution < 1.29 is 18.0 Å². The van der Waals surface area contributed by atoms with Gasteiger partial charge in [-0.15, -0.1) is 0 Å². The van der Waals surface area contributed by atoms with Crippen molar-refractivity contribution in [3.63, 3.8) is 0 Å². The molecule has 0 saturated carbocycles. The number of hydrogen-bond acceptors (Lipinski definition) is 4. The van der Waals surface area contributed by atoms with Crippen LogP contribution in [-0.2, 0) is 26.2 Å².